The van der Waals surface area contributed by atoms with Crippen molar-refractivity contribution in [2.75, 3.05) is 4.90 Å². The third-order valence-corrected chi connectivity index (χ3v) is 11.9. The molecule has 0 aromatic heterocycles. The van der Waals surface area contributed by atoms with Crippen molar-refractivity contribution in [3.8, 4) is 33.4 Å². The predicted octanol–water partition coefficient (Wildman–Crippen LogP) is 13.7. The van der Waals surface area contributed by atoms with Crippen LogP contribution in [-0.2, 0) is 10.8 Å². The van der Waals surface area contributed by atoms with Crippen LogP contribution in [0.2, 0.25) is 0 Å². The highest BCUT2D eigenvalue weighted by molar-refractivity contribution is 6.09. The molecule has 0 saturated carbocycles. The Morgan fingerprint density at radius 3 is 1.80 bits per heavy atom. The van der Waals surface area contributed by atoms with Gasteiger partial charge < -0.3 is 4.90 Å². The first-order chi connectivity index (χ1) is 24.8. The molecule has 0 saturated heterocycles. The standard InChI is InChI=1S/C50H39N/c1-49(2)44-18-10-8-15-42(44)48-41-16-11-19-47(40(41)28-29-45(48)49)51(37-26-27-39-38-14-7-9-17-43(38)50(3,4)46(39)31-37)36-24-22-33(23-25-36)35-21-20-32-12-5-6-13-34(32)30-35/h5-31H,1-4H3. The van der Waals surface area contributed by atoms with Gasteiger partial charge in [0.15, 0.2) is 0 Å². The molecule has 0 radical (unpaired) electrons. The normalized spacial score (nSPS) is 14.6. The fourth-order valence-electron chi connectivity index (χ4n) is 9.17. The molecule has 0 amide bonds. The second-order valence-corrected chi connectivity index (χ2v) is 15.4. The summed E-state index contributed by atoms with van der Waals surface area (Å²) in [6.45, 7) is 9.46. The second-order valence-electron chi connectivity index (χ2n) is 15.4. The first kappa shape index (κ1) is 29.9. The van der Waals surface area contributed by atoms with Gasteiger partial charge in [-0.1, -0.05) is 155 Å². The van der Waals surface area contributed by atoms with E-state index in [9.17, 15) is 0 Å². The molecule has 0 atom stereocenters. The van der Waals surface area contributed by atoms with E-state index < -0.39 is 0 Å². The Balaban J connectivity index is 1.17. The van der Waals surface area contributed by atoms with Crippen molar-refractivity contribution in [3.63, 3.8) is 0 Å². The lowest BCUT2D eigenvalue weighted by Gasteiger charge is -2.29. The average molecular weight is 654 g/mol. The monoisotopic (exact) mass is 653 g/mol. The van der Waals surface area contributed by atoms with Crippen LogP contribution in [0.4, 0.5) is 17.1 Å². The number of hydrogen-bond acceptors (Lipinski definition) is 1. The molecule has 1 heteroatoms. The van der Waals surface area contributed by atoms with Crippen molar-refractivity contribution in [1.82, 2.24) is 0 Å². The van der Waals surface area contributed by atoms with E-state index in [1.807, 2.05) is 0 Å². The predicted molar refractivity (Wildman–Crippen MR) is 217 cm³/mol. The van der Waals surface area contributed by atoms with Gasteiger partial charge in [-0.2, -0.15) is 0 Å². The lowest BCUT2D eigenvalue weighted by molar-refractivity contribution is 0.660. The third kappa shape index (κ3) is 4.34. The molecule has 0 bridgehead atoms. The summed E-state index contributed by atoms with van der Waals surface area (Å²) >= 11 is 0. The molecule has 0 N–H and O–H groups in total. The van der Waals surface area contributed by atoms with E-state index in [1.54, 1.807) is 0 Å². The van der Waals surface area contributed by atoms with Crippen LogP contribution < -0.4 is 4.90 Å². The molecule has 2 aliphatic carbocycles. The van der Waals surface area contributed by atoms with Gasteiger partial charge in [0, 0.05) is 27.6 Å². The zero-order valence-electron chi connectivity index (χ0n) is 29.5. The highest BCUT2D eigenvalue weighted by atomic mass is 15.1. The summed E-state index contributed by atoms with van der Waals surface area (Å²) in [5.74, 6) is 0. The van der Waals surface area contributed by atoms with Crippen molar-refractivity contribution < 1.29 is 0 Å². The van der Waals surface area contributed by atoms with Crippen molar-refractivity contribution in [1.29, 1.82) is 0 Å². The quantitative estimate of drug-likeness (QED) is 0.183. The van der Waals surface area contributed by atoms with Crippen LogP contribution in [0.15, 0.2) is 164 Å². The molecular formula is C50H39N. The molecule has 1 nitrogen and oxygen atoms in total. The number of nitrogens with zero attached hydrogens (tertiary/aromatic N) is 1. The fraction of sp³-hybridized carbons (Fsp3) is 0.120. The van der Waals surface area contributed by atoms with Crippen LogP contribution >= 0.6 is 0 Å². The van der Waals surface area contributed by atoms with E-state index in [1.165, 1.54) is 88.6 Å². The van der Waals surface area contributed by atoms with Crippen LogP contribution in [0.3, 0.4) is 0 Å². The maximum Gasteiger partial charge on any atom is 0.0540 e. The van der Waals surface area contributed by atoms with Crippen molar-refractivity contribution in [2.45, 2.75) is 38.5 Å². The summed E-state index contributed by atoms with van der Waals surface area (Å²) in [6, 6.07) is 61.1. The zero-order valence-corrected chi connectivity index (χ0v) is 29.5. The maximum atomic E-state index is 2.48. The minimum absolute atomic E-state index is 0.0467. The molecule has 244 valence electrons. The molecule has 0 fully saturated rings. The fourth-order valence-corrected chi connectivity index (χ4v) is 9.17. The van der Waals surface area contributed by atoms with E-state index in [2.05, 4.69) is 196 Å². The van der Waals surface area contributed by atoms with Crippen LogP contribution in [0.5, 0.6) is 0 Å². The molecular weight excluding hydrogens is 615 g/mol. The van der Waals surface area contributed by atoms with Gasteiger partial charge >= 0.3 is 0 Å². The van der Waals surface area contributed by atoms with E-state index in [4.69, 9.17) is 0 Å². The minimum Gasteiger partial charge on any atom is -0.310 e. The zero-order chi connectivity index (χ0) is 34.5. The highest BCUT2D eigenvalue weighted by Crippen LogP contribution is 2.54. The lowest BCUT2D eigenvalue weighted by atomic mass is 9.82. The van der Waals surface area contributed by atoms with E-state index in [0.29, 0.717) is 0 Å². The largest absolute Gasteiger partial charge is 0.310 e. The molecule has 0 unspecified atom stereocenters. The Morgan fingerprint density at radius 1 is 0.373 bits per heavy atom. The van der Waals surface area contributed by atoms with Gasteiger partial charge in [-0.25, -0.2) is 0 Å². The van der Waals surface area contributed by atoms with Crippen LogP contribution in [-0.4, -0.2) is 0 Å². The highest BCUT2D eigenvalue weighted by Gasteiger charge is 2.37. The third-order valence-electron chi connectivity index (χ3n) is 11.9. The van der Waals surface area contributed by atoms with Gasteiger partial charge in [0.1, 0.15) is 0 Å². The first-order valence-electron chi connectivity index (χ1n) is 18.1. The van der Waals surface area contributed by atoms with Crippen LogP contribution in [0, 0.1) is 0 Å². The number of rotatable bonds is 4. The number of anilines is 3. The summed E-state index contributed by atoms with van der Waals surface area (Å²) < 4.78 is 0. The lowest BCUT2D eigenvalue weighted by Crippen LogP contribution is -2.17. The summed E-state index contributed by atoms with van der Waals surface area (Å²) in [7, 11) is 0. The molecule has 51 heavy (non-hydrogen) atoms. The SMILES string of the molecule is CC1(C)c2ccccc2-c2ccc(N(c3ccc(-c4ccc5ccccc5c4)cc3)c3cccc4c5c(ccc34)C(C)(C)c3ccccc3-5)cc21. The Morgan fingerprint density at radius 2 is 1.00 bits per heavy atom. The number of hydrogen-bond donors (Lipinski definition) is 0. The van der Waals surface area contributed by atoms with Gasteiger partial charge in [-0.05, 0) is 108 Å². The van der Waals surface area contributed by atoms with E-state index >= 15 is 0 Å². The summed E-state index contributed by atoms with van der Waals surface area (Å²) in [6.07, 6.45) is 0. The van der Waals surface area contributed by atoms with E-state index in [-0.39, 0.29) is 10.8 Å². The second kappa shape index (κ2) is 10.8. The smallest absolute Gasteiger partial charge is 0.0540 e. The minimum atomic E-state index is -0.0948. The Labute approximate surface area is 300 Å². The topological polar surface area (TPSA) is 3.24 Å². The molecule has 0 heterocycles. The summed E-state index contributed by atoms with van der Waals surface area (Å²) in [5, 5.41) is 5.08. The molecule has 8 aromatic carbocycles. The van der Waals surface area contributed by atoms with E-state index in [0.717, 1.165) is 5.69 Å². The molecule has 0 spiro atoms. The Hall–Kier alpha value is -5.92. The van der Waals surface area contributed by atoms with Crippen LogP contribution in [0.25, 0.3) is 54.9 Å². The summed E-state index contributed by atoms with van der Waals surface area (Å²) in [4.78, 5) is 2.48. The Kier molecular flexibility index (Phi) is 6.34. The first-order valence-corrected chi connectivity index (χ1v) is 18.1. The van der Waals surface area contributed by atoms with Gasteiger partial charge in [0.2, 0.25) is 0 Å². The molecule has 0 aliphatic heterocycles. The van der Waals surface area contributed by atoms with Crippen molar-refractivity contribution >= 4 is 38.6 Å². The van der Waals surface area contributed by atoms with Crippen molar-refractivity contribution in [3.05, 3.63) is 186 Å². The number of benzene rings is 8. The van der Waals surface area contributed by atoms with Crippen molar-refractivity contribution in [2.24, 2.45) is 0 Å². The summed E-state index contributed by atoms with van der Waals surface area (Å²) in [5.41, 5.74) is 16.8. The number of fused-ring (bicyclic) bond motifs is 9. The average Bonchev–Trinajstić information content (AvgIpc) is 3.55. The van der Waals surface area contributed by atoms with Gasteiger partial charge in [0.05, 0.1) is 5.69 Å². The molecule has 8 aromatic rings. The molecule has 2 aliphatic rings. The van der Waals surface area contributed by atoms with Crippen LogP contribution in [0.1, 0.15) is 49.9 Å². The van der Waals surface area contributed by atoms with Gasteiger partial charge in [-0.15, -0.1) is 0 Å². The van der Waals surface area contributed by atoms with Gasteiger partial charge in [-0.3, -0.25) is 0 Å². The maximum absolute atomic E-state index is 2.48. The van der Waals surface area contributed by atoms with Gasteiger partial charge in [0.25, 0.3) is 0 Å². The Bertz CT molecular complexity index is 2690. The molecule has 10 rings (SSSR count).